The molecule has 0 bridgehead atoms. The summed E-state index contributed by atoms with van der Waals surface area (Å²) >= 11 is 3.50. The standard InChI is InChI=1S/C12H18BrN3/c1-7(2)16-11(6-13)14-15-12(16)10-4-8-3-9(8)5-10/h7-10H,3-6H2,1-2H3. The molecular weight excluding hydrogens is 266 g/mol. The molecule has 4 heteroatoms. The van der Waals surface area contributed by atoms with Gasteiger partial charge in [-0.25, -0.2) is 0 Å². The van der Waals surface area contributed by atoms with E-state index < -0.39 is 0 Å². The minimum atomic E-state index is 0.467. The zero-order chi connectivity index (χ0) is 11.3. The van der Waals surface area contributed by atoms with Gasteiger partial charge in [0.1, 0.15) is 11.6 Å². The highest BCUT2D eigenvalue weighted by molar-refractivity contribution is 9.08. The summed E-state index contributed by atoms with van der Waals surface area (Å²) in [7, 11) is 0. The van der Waals surface area contributed by atoms with Gasteiger partial charge in [-0.1, -0.05) is 15.9 Å². The lowest BCUT2D eigenvalue weighted by atomic mass is 10.0. The van der Waals surface area contributed by atoms with E-state index in [4.69, 9.17) is 0 Å². The fraction of sp³-hybridized carbons (Fsp3) is 0.833. The van der Waals surface area contributed by atoms with Crippen LogP contribution in [0.5, 0.6) is 0 Å². The Labute approximate surface area is 105 Å². The van der Waals surface area contributed by atoms with Crippen molar-refractivity contribution in [2.75, 3.05) is 0 Å². The van der Waals surface area contributed by atoms with Crippen LogP contribution in [0, 0.1) is 11.8 Å². The minimum absolute atomic E-state index is 0.467. The Morgan fingerprint density at radius 3 is 2.50 bits per heavy atom. The van der Waals surface area contributed by atoms with Gasteiger partial charge >= 0.3 is 0 Å². The average molecular weight is 284 g/mol. The third-order valence-electron chi connectivity index (χ3n) is 4.04. The zero-order valence-corrected chi connectivity index (χ0v) is 11.4. The molecule has 2 aliphatic rings. The van der Waals surface area contributed by atoms with Crippen LogP contribution in [-0.4, -0.2) is 14.8 Å². The lowest BCUT2D eigenvalue weighted by molar-refractivity contribution is 0.497. The van der Waals surface area contributed by atoms with E-state index in [1.54, 1.807) is 0 Å². The van der Waals surface area contributed by atoms with Crippen molar-refractivity contribution in [1.29, 1.82) is 0 Å². The summed E-state index contributed by atoms with van der Waals surface area (Å²) in [5.74, 6) is 5.00. The lowest BCUT2D eigenvalue weighted by Crippen LogP contribution is -2.12. The normalized spacial score (nSPS) is 32.1. The van der Waals surface area contributed by atoms with Crippen molar-refractivity contribution in [3.05, 3.63) is 11.6 Å². The molecule has 1 aromatic heterocycles. The van der Waals surface area contributed by atoms with Gasteiger partial charge in [-0.15, -0.1) is 10.2 Å². The first kappa shape index (κ1) is 10.8. The second-order valence-corrected chi connectivity index (χ2v) is 6.06. The van der Waals surface area contributed by atoms with Gasteiger partial charge in [0.2, 0.25) is 0 Å². The summed E-state index contributed by atoms with van der Waals surface area (Å²) in [5.41, 5.74) is 0. The number of hydrogen-bond donors (Lipinski definition) is 0. The molecule has 1 heterocycles. The van der Waals surface area contributed by atoms with Gasteiger partial charge in [0.25, 0.3) is 0 Å². The van der Waals surface area contributed by atoms with E-state index in [1.165, 1.54) is 25.1 Å². The second kappa shape index (κ2) is 3.83. The first-order valence-electron chi connectivity index (χ1n) is 6.20. The van der Waals surface area contributed by atoms with Crippen molar-refractivity contribution in [2.45, 2.75) is 50.4 Å². The molecule has 3 nitrogen and oxygen atoms in total. The van der Waals surface area contributed by atoms with Crippen LogP contribution >= 0.6 is 15.9 Å². The molecule has 88 valence electrons. The van der Waals surface area contributed by atoms with Crippen LogP contribution < -0.4 is 0 Å². The number of fused-ring (bicyclic) bond motifs is 1. The Hall–Kier alpha value is -0.380. The Morgan fingerprint density at radius 1 is 1.25 bits per heavy atom. The van der Waals surface area contributed by atoms with Crippen LogP contribution in [0.1, 0.15) is 56.7 Å². The lowest BCUT2D eigenvalue weighted by Gasteiger charge is -2.17. The zero-order valence-electron chi connectivity index (χ0n) is 9.86. The quantitative estimate of drug-likeness (QED) is 0.798. The summed E-state index contributed by atoms with van der Waals surface area (Å²) in [6, 6.07) is 0.467. The number of nitrogens with zero attached hydrogens (tertiary/aromatic N) is 3. The summed E-state index contributed by atoms with van der Waals surface area (Å²) in [5, 5.41) is 9.54. The molecule has 0 saturated heterocycles. The highest BCUT2D eigenvalue weighted by atomic mass is 79.9. The molecule has 2 aliphatic carbocycles. The molecule has 0 aliphatic heterocycles. The number of alkyl halides is 1. The molecule has 16 heavy (non-hydrogen) atoms. The number of aromatic nitrogens is 3. The van der Waals surface area contributed by atoms with Crippen molar-refractivity contribution in [1.82, 2.24) is 14.8 Å². The molecule has 1 aromatic rings. The maximum Gasteiger partial charge on any atom is 0.143 e. The van der Waals surface area contributed by atoms with E-state index in [-0.39, 0.29) is 0 Å². The van der Waals surface area contributed by atoms with Crippen molar-refractivity contribution < 1.29 is 0 Å². The largest absolute Gasteiger partial charge is 0.311 e. The summed E-state index contributed by atoms with van der Waals surface area (Å²) in [4.78, 5) is 0. The summed E-state index contributed by atoms with van der Waals surface area (Å²) in [6.07, 6.45) is 4.16. The van der Waals surface area contributed by atoms with E-state index in [0.717, 1.165) is 23.0 Å². The Kier molecular flexibility index (Phi) is 2.57. The van der Waals surface area contributed by atoms with Crippen molar-refractivity contribution in [3.63, 3.8) is 0 Å². The average Bonchev–Trinajstić information content (AvgIpc) is 2.75. The second-order valence-electron chi connectivity index (χ2n) is 5.50. The van der Waals surface area contributed by atoms with E-state index >= 15 is 0 Å². The van der Waals surface area contributed by atoms with Crippen LogP contribution in [0.15, 0.2) is 0 Å². The first-order chi connectivity index (χ1) is 7.70. The van der Waals surface area contributed by atoms with E-state index in [2.05, 4.69) is 44.5 Å². The van der Waals surface area contributed by atoms with Crippen molar-refractivity contribution in [2.24, 2.45) is 11.8 Å². The van der Waals surface area contributed by atoms with E-state index in [9.17, 15) is 0 Å². The highest BCUT2D eigenvalue weighted by Gasteiger charge is 2.47. The molecule has 2 unspecified atom stereocenters. The first-order valence-corrected chi connectivity index (χ1v) is 7.32. The fourth-order valence-corrected chi connectivity index (χ4v) is 3.58. The summed E-state index contributed by atoms with van der Waals surface area (Å²) < 4.78 is 2.32. The Balaban J connectivity index is 1.90. The molecule has 0 radical (unpaired) electrons. The molecular formula is C12H18BrN3. The van der Waals surface area contributed by atoms with Crippen LogP contribution in [0.2, 0.25) is 0 Å². The van der Waals surface area contributed by atoms with Crippen LogP contribution in [0.3, 0.4) is 0 Å². The maximum atomic E-state index is 4.43. The van der Waals surface area contributed by atoms with Crippen LogP contribution in [-0.2, 0) is 5.33 Å². The SMILES string of the molecule is CC(C)n1c(CBr)nnc1C1CC2CC2C1. The van der Waals surface area contributed by atoms with Gasteiger partial charge in [-0.2, -0.15) is 0 Å². The van der Waals surface area contributed by atoms with Gasteiger partial charge in [-0.05, 0) is 44.9 Å². The minimum Gasteiger partial charge on any atom is -0.311 e. The van der Waals surface area contributed by atoms with Gasteiger partial charge in [0, 0.05) is 12.0 Å². The van der Waals surface area contributed by atoms with E-state index in [1.807, 2.05) is 0 Å². The molecule has 0 aromatic carbocycles. The van der Waals surface area contributed by atoms with Crippen LogP contribution in [0.4, 0.5) is 0 Å². The van der Waals surface area contributed by atoms with Gasteiger partial charge in [0.05, 0.1) is 5.33 Å². The molecule has 2 saturated carbocycles. The number of halogens is 1. The fourth-order valence-electron chi connectivity index (χ4n) is 3.20. The molecule has 0 N–H and O–H groups in total. The van der Waals surface area contributed by atoms with Crippen molar-refractivity contribution in [3.8, 4) is 0 Å². The van der Waals surface area contributed by atoms with Gasteiger partial charge in [0.15, 0.2) is 0 Å². The molecule has 0 amide bonds. The molecule has 2 atom stereocenters. The number of hydrogen-bond acceptors (Lipinski definition) is 2. The van der Waals surface area contributed by atoms with Crippen LogP contribution in [0.25, 0.3) is 0 Å². The summed E-state index contributed by atoms with van der Waals surface area (Å²) in [6.45, 7) is 4.43. The predicted octanol–water partition coefficient (Wildman–Crippen LogP) is 3.27. The van der Waals surface area contributed by atoms with Gasteiger partial charge in [-0.3, -0.25) is 0 Å². The monoisotopic (exact) mass is 283 g/mol. The highest BCUT2D eigenvalue weighted by Crippen LogP contribution is 2.57. The Morgan fingerprint density at radius 2 is 1.94 bits per heavy atom. The molecule has 0 spiro atoms. The maximum absolute atomic E-state index is 4.43. The van der Waals surface area contributed by atoms with Gasteiger partial charge < -0.3 is 4.57 Å². The third kappa shape index (κ3) is 1.62. The number of rotatable bonds is 3. The Bertz CT molecular complexity index is 389. The van der Waals surface area contributed by atoms with Crippen molar-refractivity contribution >= 4 is 15.9 Å². The molecule has 2 fully saturated rings. The topological polar surface area (TPSA) is 30.7 Å². The predicted molar refractivity (Wildman–Crippen MR) is 66.6 cm³/mol. The third-order valence-corrected chi connectivity index (χ3v) is 4.54. The van der Waals surface area contributed by atoms with E-state index in [0.29, 0.717) is 12.0 Å². The molecule has 3 rings (SSSR count). The smallest absolute Gasteiger partial charge is 0.143 e.